The third kappa shape index (κ3) is 3.56. The fourth-order valence-corrected chi connectivity index (χ4v) is 0.948. The van der Waals surface area contributed by atoms with Crippen molar-refractivity contribution < 1.29 is 4.79 Å². The summed E-state index contributed by atoms with van der Waals surface area (Å²) in [6.45, 7) is 2.26. The van der Waals surface area contributed by atoms with Crippen molar-refractivity contribution in [2.24, 2.45) is 0 Å². The van der Waals surface area contributed by atoms with Crippen molar-refractivity contribution in [2.75, 3.05) is 0 Å². The lowest BCUT2D eigenvalue weighted by molar-refractivity contribution is -0.116. The number of hydrogen-bond donors (Lipinski definition) is 0. The Hall–Kier alpha value is -1.57. The summed E-state index contributed by atoms with van der Waals surface area (Å²) < 4.78 is 0. The standard InChI is InChI=1S/C11H12NO/c1-2-6-11(13)12-9-10-7-4-3-5-8-10/h2-8H,9H2,1H3/b6-2+. The summed E-state index contributed by atoms with van der Waals surface area (Å²) in [5, 5.41) is 3.86. The molecule has 0 saturated heterocycles. The Morgan fingerprint density at radius 3 is 2.69 bits per heavy atom. The molecule has 1 aromatic carbocycles. The molecular weight excluding hydrogens is 162 g/mol. The summed E-state index contributed by atoms with van der Waals surface area (Å²) in [5.74, 6) is -0.175. The first-order valence-electron chi connectivity index (χ1n) is 4.21. The van der Waals surface area contributed by atoms with Crippen molar-refractivity contribution >= 4 is 5.91 Å². The molecule has 0 spiro atoms. The Morgan fingerprint density at radius 1 is 1.38 bits per heavy atom. The molecule has 0 fully saturated rings. The summed E-state index contributed by atoms with van der Waals surface area (Å²) in [6, 6.07) is 9.71. The molecule has 1 aromatic rings. The molecule has 0 N–H and O–H groups in total. The first-order valence-corrected chi connectivity index (χ1v) is 4.21. The molecule has 1 radical (unpaired) electrons. The van der Waals surface area contributed by atoms with Crippen LogP contribution in [0.4, 0.5) is 0 Å². The van der Waals surface area contributed by atoms with Gasteiger partial charge >= 0.3 is 0 Å². The Bertz CT molecular complexity index is 290. The van der Waals surface area contributed by atoms with E-state index >= 15 is 0 Å². The zero-order chi connectivity index (χ0) is 9.52. The maximum absolute atomic E-state index is 11.0. The number of rotatable bonds is 3. The van der Waals surface area contributed by atoms with E-state index in [1.807, 2.05) is 30.3 Å². The normalized spacial score (nSPS) is 10.2. The SMILES string of the molecule is C/C=C/C(=O)[N]Cc1ccccc1. The number of benzene rings is 1. The molecule has 0 aliphatic heterocycles. The van der Waals surface area contributed by atoms with Crippen LogP contribution in [0.25, 0.3) is 0 Å². The van der Waals surface area contributed by atoms with Crippen LogP contribution in [-0.4, -0.2) is 5.91 Å². The molecular formula is C11H12NO. The van der Waals surface area contributed by atoms with Crippen molar-refractivity contribution in [2.45, 2.75) is 13.5 Å². The number of amides is 1. The van der Waals surface area contributed by atoms with Crippen LogP contribution in [0.1, 0.15) is 12.5 Å². The zero-order valence-corrected chi connectivity index (χ0v) is 7.60. The van der Waals surface area contributed by atoms with Crippen LogP contribution >= 0.6 is 0 Å². The van der Waals surface area contributed by atoms with Crippen LogP contribution in [0, 0.1) is 0 Å². The molecule has 0 bridgehead atoms. The first-order chi connectivity index (χ1) is 6.33. The topological polar surface area (TPSA) is 31.2 Å². The number of nitrogens with zero attached hydrogens (tertiary/aromatic N) is 1. The van der Waals surface area contributed by atoms with E-state index in [9.17, 15) is 4.79 Å². The summed E-state index contributed by atoms with van der Waals surface area (Å²) in [5.41, 5.74) is 1.06. The number of allylic oxidation sites excluding steroid dienone is 1. The third-order valence-electron chi connectivity index (χ3n) is 1.57. The Morgan fingerprint density at radius 2 is 2.08 bits per heavy atom. The highest BCUT2D eigenvalue weighted by Gasteiger charge is 1.96. The quantitative estimate of drug-likeness (QED) is 0.644. The molecule has 2 nitrogen and oxygen atoms in total. The van der Waals surface area contributed by atoms with Gasteiger partial charge in [0, 0.05) is 6.08 Å². The molecule has 2 heteroatoms. The van der Waals surface area contributed by atoms with Gasteiger partial charge < -0.3 is 0 Å². The predicted octanol–water partition coefficient (Wildman–Crippen LogP) is 1.89. The second-order valence-corrected chi connectivity index (χ2v) is 2.64. The van der Waals surface area contributed by atoms with Crippen LogP contribution in [0.5, 0.6) is 0 Å². The van der Waals surface area contributed by atoms with Gasteiger partial charge in [-0.05, 0) is 12.5 Å². The van der Waals surface area contributed by atoms with Gasteiger partial charge in [0.2, 0.25) is 0 Å². The molecule has 1 rings (SSSR count). The Labute approximate surface area is 78.3 Å². The minimum absolute atomic E-state index is 0.175. The minimum Gasteiger partial charge on any atom is -0.268 e. The van der Waals surface area contributed by atoms with E-state index in [2.05, 4.69) is 5.32 Å². The molecule has 67 valence electrons. The van der Waals surface area contributed by atoms with Crippen LogP contribution in [0.15, 0.2) is 42.5 Å². The fourth-order valence-electron chi connectivity index (χ4n) is 0.948. The van der Waals surface area contributed by atoms with E-state index in [4.69, 9.17) is 0 Å². The van der Waals surface area contributed by atoms with Gasteiger partial charge in [-0.15, -0.1) is 0 Å². The van der Waals surface area contributed by atoms with Crippen molar-refractivity contribution in [1.29, 1.82) is 0 Å². The fraction of sp³-hybridized carbons (Fsp3) is 0.182. The van der Waals surface area contributed by atoms with E-state index < -0.39 is 0 Å². The van der Waals surface area contributed by atoms with E-state index in [-0.39, 0.29) is 5.91 Å². The molecule has 0 aliphatic carbocycles. The highest BCUT2D eigenvalue weighted by atomic mass is 16.1. The van der Waals surface area contributed by atoms with Gasteiger partial charge in [-0.1, -0.05) is 36.4 Å². The molecule has 0 heterocycles. The number of carbonyl (C=O) groups is 1. The average Bonchev–Trinajstić information content (AvgIpc) is 2.17. The van der Waals surface area contributed by atoms with Crippen LogP contribution in [0.2, 0.25) is 0 Å². The molecule has 0 atom stereocenters. The first kappa shape index (κ1) is 9.52. The Kier molecular flexibility index (Phi) is 3.76. The minimum atomic E-state index is -0.175. The lowest BCUT2D eigenvalue weighted by Gasteiger charge is -1.97. The van der Waals surface area contributed by atoms with Crippen LogP contribution in [0.3, 0.4) is 0 Å². The monoisotopic (exact) mass is 174 g/mol. The number of hydrogen-bond acceptors (Lipinski definition) is 1. The smallest absolute Gasteiger partial charge is 0.265 e. The highest BCUT2D eigenvalue weighted by Crippen LogP contribution is 1.97. The van der Waals surface area contributed by atoms with Crippen molar-refractivity contribution in [1.82, 2.24) is 5.32 Å². The van der Waals surface area contributed by atoms with Gasteiger partial charge in [0.25, 0.3) is 5.91 Å². The largest absolute Gasteiger partial charge is 0.268 e. The van der Waals surface area contributed by atoms with Gasteiger partial charge in [-0.3, -0.25) is 4.79 Å². The molecule has 1 amide bonds. The maximum atomic E-state index is 11.0. The Balaban J connectivity index is 2.40. The lowest BCUT2D eigenvalue weighted by atomic mass is 10.2. The van der Waals surface area contributed by atoms with Gasteiger partial charge in [-0.2, -0.15) is 0 Å². The molecule has 0 unspecified atom stereocenters. The lowest BCUT2D eigenvalue weighted by Crippen LogP contribution is -2.11. The molecule has 0 saturated carbocycles. The summed E-state index contributed by atoms with van der Waals surface area (Å²) >= 11 is 0. The summed E-state index contributed by atoms with van der Waals surface area (Å²) in [6.07, 6.45) is 3.15. The van der Waals surface area contributed by atoms with Crippen molar-refractivity contribution in [3.63, 3.8) is 0 Å². The van der Waals surface area contributed by atoms with Gasteiger partial charge in [0.05, 0.1) is 6.54 Å². The van der Waals surface area contributed by atoms with Crippen molar-refractivity contribution in [3.8, 4) is 0 Å². The third-order valence-corrected chi connectivity index (χ3v) is 1.57. The van der Waals surface area contributed by atoms with Crippen LogP contribution < -0.4 is 5.32 Å². The van der Waals surface area contributed by atoms with E-state index in [0.717, 1.165) is 5.56 Å². The van der Waals surface area contributed by atoms with Gasteiger partial charge in [0.1, 0.15) is 0 Å². The number of carbonyl (C=O) groups excluding carboxylic acids is 1. The van der Waals surface area contributed by atoms with E-state index in [1.165, 1.54) is 6.08 Å². The molecule has 13 heavy (non-hydrogen) atoms. The zero-order valence-electron chi connectivity index (χ0n) is 7.60. The summed E-state index contributed by atoms with van der Waals surface area (Å²) in [7, 11) is 0. The van der Waals surface area contributed by atoms with E-state index in [0.29, 0.717) is 6.54 Å². The van der Waals surface area contributed by atoms with Gasteiger partial charge in [-0.25, -0.2) is 5.32 Å². The highest BCUT2D eigenvalue weighted by molar-refractivity contribution is 5.86. The maximum Gasteiger partial charge on any atom is 0.265 e. The molecule has 0 aromatic heterocycles. The van der Waals surface area contributed by atoms with Crippen LogP contribution in [-0.2, 0) is 11.3 Å². The molecule has 0 aliphatic rings. The predicted molar refractivity (Wildman–Crippen MR) is 52.1 cm³/mol. The van der Waals surface area contributed by atoms with E-state index in [1.54, 1.807) is 13.0 Å². The summed E-state index contributed by atoms with van der Waals surface area (Å²) in [4.78, 5) is 11.0. The van der Waals surface area contributed by atoms with Crippen molar-refractivity contribution in [3.05, 3.63) is 48.0 Å². The second kappa shape index (κ2) is 5.14. The van der Waals surface area contributed by atoms with Gasteiger partial charge in [0.15, 0.2) is 0 Å². The second-order valence-electron chi connectivity index (χ2n) is 2.64. The average molecular weight is 174 g/mol.